The van der Waals surface area contributed by atoms with Crippen molar-refractivity contribution in [3.05, 3.63) is 59.6 Å². The molecule has 0 radical (unpaired) electrons. The van der Waals surface area contributed by atoms with Crippen LogP contribution >= 0.6 is 11.3 Å². The molecule has 0 aliphatic carbocycles. The third-order valence-electron chi connectivity index (χ3n) is 4.03. The molecule has 0 bridgehead atoms. The molecule has 1 N–H and O–H groups in total. The van der Waals surface area contributed by atoms with Crippen molar-refractivity contribution in [2.24, 2.45) is 0 Å². The summed E-state index contributed by atoms with van der Waals surface area (Å²) in [6.07, 6.45) is 5.58. The van der Waals surface area contributed by atoms with E-state index in [-0.39, 0.29) is 11.9 Å². The minimum absolute atomic E-state index is 0.100. The van der Waals surface area contributed by atoms with Crippen molar-refractivity contribution in [1.82, 2.24) is 19.9 Å². The maximum Gasteiger partial charge on any atom is 0.271 e. The van der Waals surface area contributed by atoms with Crippen LogP contribution in [0, 0.1) is 0 Å². The molecule has 23 heavy (non-hydrogen) atoms. The van der Waals surface area contributed by atoms with Crippen LogP contribution in [0.4, 0.5) is 0 Å². The van der Waals surface area contributed by atoms with E-state index in [0.29, 0.717) is 5.69 Å². The molecule has 0 unspecified atom stereocenters. The van der Waals surface area contributed by atoms with Gasteiger partial charge < -0.3 is 9.88 Å². The van der Waals surface area contributed by atoms with Crippen LogP contribution < -0.4 is 5.32 Å². The minimum Gasteiger partial charge on any atom is -0.346 e. The van der Waals surface area contributed by atoms with Gasteiger partial charge in [-0.25, -0.2) is 9.97 Å². The molecule has 1 amide bonds. The molecular weight excluding hydrogens is 308 g/mol. The summed E-state index contributed by atoms with van der Waals surface area (Å²) in [4.78, 5) is 21.2. The van der Waals surface area contributed by atoms with Gasteiger partial charge in [-0.15, -0.1) is 11.3 Å². The second kappa shape index (κ2) is 5.96. The summed E-state index contributed by atoms with van der Waals surface area (Å²) < 4.78 is 2.10. The van der Waals surface area contributed by atoms with E-state index >= 15 is 0 Å². The Hall–Kier alpha value is -2.47. The number of carbonyl (C=O) groups excluding carboxylic acids is 1. The van der Waals surface area contributed by atoms with Gasteiger partial charge in [0.2, 0.25) is 0 Å². The van der Waals surface area contributed by atoms with Gasteiger partial charge in [-0.1, -0.05) is 30.3 Å². The Balaban J connectivity index is 1.45. The molecule has 0 fully saturated rings. The number of aryl methyl sites for hydroxylation is 1. The average Bonchev–Trinajstić information content (AvgIpc) is 3.24. The lowest BCUT2D eigenvalue weighted by Gasteiger charge is -2.24. The number of hydrogen-bond acceptors (Lipinski definition) is 4. The summed E-state index contributed by atoms with van der Waals surface area (Å²) in [5, 5.41) is 5.78. The summed E-state index contributed by atoms with van der Waals surface area (Å²) >= 11 is 1.50. The number of amides is 1. The predicted molar refractivity (Wildman–Crippen MR) is 89.4 cm³/mol. The fraction of sp³-hybridized carbons (Fsp3) is 0.235. The van der Waals surface area contributed by atoms with E-state index in [1.807, 2.05) is 48.1 Å². The zero-order chi connectivity index (χ0) is 15.6. The van der Waals surface area contributed by atoms with E-state index < -0.39 is 0 Å². The number of benzene rings is 1. The molecule has 0 saturated carbocycles. The normalized spacial score (nSPS) is 16.8. The first kappa shape index (κ1) is 14.1. The molecular formula is C17H16N4OS. The maximum atomic E-state index is 12.4. The van der Waals surface area contributed by atoms with Crippen LogP contribution in [0.2, 0.25) is 0 Å². The number of rotatable bonds is 3. The van der Waals surface area contributed by atoms with Gasteiger partial charge in [0.25, 0.3) is 5.91 Å². The van der Waals surface area contributed by atoms with Crippen molar-refractivity contribution in [3.63, 3.8) is 0 Å². The highest BCUT2D eigenvalue weighted by Crippen LogP contribution is 2.23. The van der Waals surface area contributed by atoms with Crippen molar-refractivity contribution >= 4 is 17.2 Å². The van der Waals surface area contributed by atoms with Crippen LogP contribution in [0.3, 0.4) is 0 Å². The van der Waals surface area contributed by atoms with Crippen LogP contribution in [0.25, 0.3) is 10.6 Å². The Labute approximate surface area is 138 Å². The van der Waals surface area contributed by atoms with Crippen LogP contribution in [0.5, 0.6) is 0 Å². The first-order valence-corrected chi connectivity index (χ1v) is 8.49. The monoisotopic (exact) mass is 324 g/mol. The van der Waals surface area contributed by atoms with Crippen molar-refractivity contribution in [1.29, 1.82) is 0 Å². The Morgan fingerprint density at radius 2 is 2.17 bits per heavy atom. The first-order chi connectivity index (χ1) is 11.3. The van der Waals surface area contributed by atoms with Gasteiger partial charge in [-0.3, -0.25) is 4.79 Å². The largest absolute Gasteiger partial charge is 0.346 e. The fourth-order valence-electron chi connectivity index (χ4n) is 2.83. The lowest BCUT2D eigenvalue weighted by Crippen LogP contribution is -2.41. The summed E-state index contributed by atoms with van der Waals surface area (Å²) in [6, 6.07) is 10.1. The molecule has 1 aliphatic rings. The quantitative estimate of drug-likeness (QED) is 0.806. The molecule has 0 saturated heterocycles. The zero-order valence-electron chi connectivity index (χ0n) is 12.5. The van der Waals surface area contributed by atoms with Crippen molar-refractivity contribution in [3.8, 4) is 10.6 Å². The summed E-state index contributed by atoms with van der Waals surface area (Å²) in [6.45, 7) is 0.775. The number of nitrogens with one attached hydrogen (secondary N) is 1. The summed E-state index contributed by atoms with van der Waals surface area (Å²) in [5.41, 5.74) is 1.53. The molecule has 1 aromatic carbocycles. The molecule has 3 aromatic rings. The number of carbonyl (C=O) groups is 1. The van der Waals surface area contributed by atoms with Crippen LogP contribution in [0.1, 0.15) is 22.7 Å². The third kappa shape index (κ3) is 2.90. The van der Waals surface area contributed by atoms with E-state index in [0.717, 1.165) is 35.8 Å². The topological polar surface area (TPSA) is 59.8 Å². The molecule has 1 atom stereocenters. The first-order valence-electron chi connectivity index (χ1n) is 7.61. The van der Waals surface area contributed by atoms with Crippen LogP contribution in [0.15, 0.2) is 48.1 Å². The molecule has 1 aliphatic heterocycles. The molecule has 2 aromatic heterocycles. The SMILES string of the molecule is O=C(N[C@H]1CCc2nccn2C1)c1csc(-c2ccccc2)n1. The summed E-state index contributed by atoms with van der Waals surface area (Å²) in [7, 11) is 0. The number of nitrogens with zero attached hydrogens (tertiary/aromatic N) is 3. The zero-order valence-corrected chi connectivity index (χ0v) is 13.3. The minimum atomic E-state index is -0.100. The number of thiazole rings is 1. The van der Waals surface area contributed by atoms with E-state index in [9.17, 15) is 4.79 Å². The average molecular weight is 324 g/mol. The van der Waals surface area contributed by atoms with Gasteiger partial charge in [0, 0.05) is 42.3 Å². The van der Waals surface area contributed by atoms with Gasteiger partial charge in [-0.05, 0) is 6.42 Å². The Bertz CT molecular complexity index is 824. The van der Waals surface area contributed by atoms with Crippen molar-refractivity contribution in [2.45, 2.75) is 25.4 Å². The number of imidazole rings is 1. The highest BCUT2D eigenvalue weighted by molar-refractivity contribution is 7.13. The molecule has 5 nitrogen and oxygen atoms in total. The van der Waals surface area contributed by atoms with Gasteiger partial charge in [0.15, 0.2) is 0 Å². The van der Waals surface area contributed by atoms with E-state index in [4.69, 9.17) is 0 Å². The van der Waals surface area contributed by atoms with E-state index in [1.54, 1.807) is 0 Å². The van der Waals surface area contributed by atoms with Gasteiger partial charge >= 0.3 is 0 Å². The Kier molecular flexibility index (Phi) is 3.67. The molecule has 0 spiro atoms. The van der Waals surface area contributed by atoms with Crippen LogP contribution in [-0.4, -0.2) is 26.5 Å². The van der Waals surface area contributed by atoms with E-state index in [2.05, 4.69) is 19.9 Å². The Morgan fingerprint density at radius 1 is 1.30 bits per heavy atom. The molecule has 4 rings (SSSR count). The Morgan fingerprint density at radius 3 is 3.04 bits per heavy atom. The summed E-state index contributed by atoms with van der Waals surface area (Å²) in [5.74, 6) is 0.993. The molecule has 6 heteroatoms. The number of hydrogen-bond donors (Lipinski definition) is 1. The standard InChI is InChI=1S/C17H16N4OS/c22-16(19-13-6-7-15-18-8-9-21(15)10-13)14-11-23-17(20-14)12-4-2-1-3-5-12/h1-5,8-9,11,13H,6-7,10H2,(H,19,22)/t13-/m0/s1. The predicted octanol–water partition coefficient (Wildman–Crippen LogP) is 2.75. The maximum absolute atomic E-state index is 12.4. The van der Waals surface area contributed by atoms with Gasteiger partial charge in [0.1, 0.15) is 16.5 Å². The number of fused-ring (bicyclic) bond motifs is 1. The second-order valence-corrected chi connectivity index (χ2v) is 6.47. The van der Waals surface area contributed by atoms with Crippen molar-refractivity contribution in [2.75, 3.05) is 0 Å². The highest BCUT2D eigenvalue weighted by Gasteiger charge is 2.22. The molecule has 116 valence electrons. The fourth-order valence-corrected chi connectivity index (χ4v) is 3.64. The number of aromatic nitrogens is 3. The second-order valence-electron chi connectivity index (χ2n) is 5.61. The van der Waals surface area contributed by atoms with Crippen molar-refractivity contribution < 1.29 is 4.79 Å². The lowest BCUT2D eigenvalue weighted by molar-refractivity contribution is 0.0923. The third-order valence-corrected chi connectivity index (χ3v) is 4.92. The van der Waals surface area contributed by atoms with E-state index in [1.165, 1.54) is 11.3 Å². The smallest absolute Gasteiger partial charge is 0.271 e. The highest BCUT2D eigenvalue weighted by atomic mass is 32.1. The van der Waals surface area contributed by atoms with Crippen LogP contribution in [-0.2, 0) is 13.0 Å². The van der Waals surface area contributed by atoms with Gasteiger partial charge in [-0.2, -0.15) is 0 Å². The molecule has 3 heterocycles. The lowest BCUT2D eigenvalue weighted by atomic mass is 10.1. The van der Waals surface area contributed by atoms with Gasteiger partial charge in [0.05, 0.1) is 0 Å².